The second-order valence-corrected chi connectivity index (χ2v) is 4.63. The highest BCUT2D eigenvalue weighted by Gasteiger charge is 2.26. The maximum absolute atomic E-state index is 11.6. The quantitative estimate of drug-likeness (QED) is 0.855. The Morgan fingerprint density at radius 2 is 1.68 bits per heavy atom. The Morgan fingerprint density at radius 1 is 1.00 bits per heavy atom. The lowest BCUT2D eigenvalue weighted by atomic mass is 9.93. The van der Waals surface area contributed by atoms with Gasteiger partial charge in [-0.1, -0.05) is 42.5 Å². The Morgan fingerprint density at radius 3 is 2.23 bits per heavy atom. The Bertz CT molecular complexity index is 679. The van der Waals surface area contributed by atoms with Crippen LogP contribution in [0.4, 0.5) is 0 Å². The standard InChI is InChI=1S/C17H16O5/c1-2-22-15(11-7-4-3-5-8-11)12-9-6-10-13(16(18)19)14(12)17(20)21/h3-10,15H,2H2,1H3,(H,18,19)(H,20,21). The van der Waals surface area contributed by atoms with E-state index < -0.39 is 18.0 Å². The van der Waals surface area contributed by atoms with Crippen molar-refractivity contribution < 1.29 is 24.5 Å². The average Bonchev–Trinajstić information content (AvgIpc) is 2.52. The van der Waals surface area contributed by atoms with Gasteiger partial charge in [-0.05, 0) is 18.6 Å². The van der Waals surface area contributed by atoms with Crippen molar-refractivity contribution in [2.75, 3.05) is 6.61 Å². The van der Waals surface area contributed by atoms with Crippen LogP contribution >= 0.6 is 0 Å². The minimum absolute atomic E-state index is 0.239. The molecule has 0 radical (unpaired) electrons. The van der Waals surface area contributed by atoms with Gasteiger partial charge in [-0.3, -0.25) is 0 Å². The third-order valence-electron chi connectivity index (χ3n) is 3.26. The number of aromatic carboxylic acids is 2. The number of carboxylic acids is 2. The monoisotopic (exact) mass is 300 g/mol. The fourth-order valence-electron chi connectivity index (χ4n) is 2.37. The van der Waals surface area contributed by atoms with Crippen molar-refractivity contribution in [2.24, 2.45) is 0 Å². The SMILES string of the molecule is CCOC(c1ccccc1)c1cccc(C(=O)O)c1C(=O)O. The Kier molecular flexibility index (Phi) is 4.91. The van der Waals surface area contributed by atoms with E-state index in [2.05, 4.69) is 0 Å². The predicted molar refractivity (Wildman–Crippen MR) is 80.3 cm³/mol. The molecule has 0 saturated carbocycles. The first-order valence-corrected chi connectivity index (χ1v) is 6.82. The average molecular weight is 300 g/mol. The number of benzene rings is 2. The van der Waals surface area contributed by atoms with E-state index in [4.69, 9.17) is 4.74 Å². The van der Waals surface area contributed by atoms with Crippen LogP contribution in [-0.4, -0.2) is 28.8 Å². The predicted octanol–water partition coefficient (Wildman–Crippen LogP) is 3.21. The van der Waals surface area contributed by atoms with Crippen molar-refractivity contribution in [1.82, 2.24) is 0 Å². The van der Waals surface area contributed by atoms with Crippen LogP contribution < -0.4 is 0 Å². The van der Waals surface area contributed by atoms with E-state index in [1.165, 1.54) is 12.1 Å². The van der Waals surface area contributed by atoms with Crippen LogP contribution in [-0.2, 0) is 4.74 Å². The number of rotatable bonds is 6. The van der Waals surface area contributed by atoms with Gasteiger partial charge in [0.2, 0.25) is 0 Å². The Balaban J connectivity index is 2.64. The van der Waals surface area contributed by atoms with Gasteiger partial charge in [0.25, 0.3) is 0 Å². The molecule has 0 spiro atoms. The normalized spacial score (nSPS) is 11.9. The summed E-state index contributed by atoms with van der Waals surface area (Å²) in [6.07, 6.45) is -0.628. The molecule has 1 atom stereocenters. The molecule has 2 aromatic rings. The maximum Gasteiger partial charge on any atom is 0.336 e. The van der Waals surface area contributed by atoms with Crippen LogP contribution in [0.25, 0.3) is 0 Å². The number of hydrogen-bond acceptors (Lipinski definition) is 3. The molecule has 0 saturated heterocycles. The summed E-state index contributed by atoms with van der Waals surface area (Å²) >= 11 is 0. The fourth-order valence-corrected chi connectivity index (χ4v) is 2.37. The van der Waals surface area contributed by atoms with Crippen molar-refractivity contribution in [1.29, 1.82) is 0 Å². The molecular formula is C17H16O5. The molecular weight excluding hydrogens is 284 g/mol. The third-order valence-corrected chi connectivity index (χ3v) is 3.26. The van der Waals surface area contributed by atoms with Crippen LogP contribution in [0.2, 0.25) is 0 Å². The number of carbonyl (C=O) groups is 2. The van der Waals surface area contributed by atoms with E-state index in [0.717, 1.165) is 5.56 Å². The molecule has 0 aromatic heterocycles. The van der Waals surface area contributed by atoms with Crippen molar-refractivity contribution in [3.8, 4) is 0 Å². The molecule has 2 rings (SSSR count). The Hall–Kier alpha value is -2.66. The smallest absolute Gasteiger partial charge is 0.336 e. The zero-order chi connectivity index (χ0) is 16.1. The summed E-state index contributed by atoms with van der Waals surface area (Å²) in [5.74, 6) is -2.56. The lowest BCUT2D eigenvalue weighted by Crippen LogP contribution is -2.16. The molecule has 2 aromatic carbocycles. The number of carboxylic acid groups (broad SMARTS) is 2. The van der Waals surface area contributed by atoms with E-state index in [9.17, 15) is 19.8 Å². The van der Waals surface area contributed by atoms with E-state index in [0.29, 0.717) is 12.2 Å². The molecule has 5 heteroatoms. The summed E-state index contributed by atoms with van der Waals surface area (Å²) in [6.45, 7) is 2.17. The molecule has 0 aliphatic heterocycles. The zero-order valence-corrected chi connectivity index (χ0v) is 12.0. The van der Waals surface area contributed by atoms with Gasteiger partial charge in [-0.15, -0.1) is 0 Å². The first kappa shape index (κ1) is 15.7. The maximum atomic E-state index is 11.6. The summed E-state index contributed by atoms with van der Waals surface area (Å²) < 4.78 is 5.68. The van der Waals surface area contributed by atoms with Crippen LogP contribution in [0.3, 0.4) is 0 Å². The Labute approximate surface area is 127 Å². The van der Waals surface area contributed by atoms with Gasteiger partial charge in [0.1, 0.15) is 6.10 Å². The molecule has 2 N–H and O–H groups in total. The first-order valence-electron chi connectivity index (χ1n) is 6.82. The summed E-state index contributed by atoms with van der Waals surface area (Å²) in [5, 5.41) is 18.7. The fraction of sp³-hybridized carbons (Fsp3) is 0.176. The summed E-state index contributed by atoms with van der Waals surface area (Å²) in [6, 6.07) is 13.5. The summed E-state index contributed by atoms with van der Waals surface area (Å²) in [5.41, 5.74) is 0.623. The van der Waals surface area contributed by atoms with E-state index in [1.807, 2.05) is 30.3 Å². The number of ether oxygens (including phenoxy) is 1. The second kappa shape index (κ2) is 6.87. The summed E-state index contributed by atoms with van der Waals surface area (Å²) in [4.78, 5) is 22.9. The minimum Gasteiger partial charge on any atom is -0.478 e. The lowest BCUT2D eigenvalue weighted by Gasteiger charge is -2.20. The van der Waals surface area contributed by atoms with Gasteiger partial charge < -0.3 is 14.9 Å². The van der Waals surface area contributed by atoms with E-state index in [-0.39, 0.29) is 11.1 Å². The molecule has 5 nitrogen and oxygen atoms in total. The van der Waals surface area contributed by atoms with Crippen LogP contribution in [0.1, 0.15) is 44.9 Å². The van der Waals surface area contributed by atoms with Crippen LogP contribution in [0, 0.1) is 0 Å². The molecule has 22 heavy (non-hydrogen) atoms. The van der Waals surface area contributed by atoms with Gasteiger partial charge in [0.05, 0.1) is 11.1 Å². The molecule has 1 unspecified atom stereocenters. The summed E-state index contributed by atoms with van der Waals surface area (Å²) in [7, 11) is 0. The van der Waals surface area contributed by atoms with E-state index in [1.54, 1.807) is 13.0 Å². The zero-order valence-electron chi connectivity index (χ0n) is 12.0. The second-order valence-electron chi connectivity index (χ2n) is 4.63. The van der Waals surface area contributed by atoms with Gasteiger partial charge >= 0.3 is 11.9 Å². The van der Waals surface area contributed by atoms with Crippen LogP contribution in [0.15, 0.2) is 48.5 Å². The lowest BCUT2D eigenvalue weighted by molar-refractivity contribution is 0.0634. The van der Waals surface area contributed by atoms with Gasteiger partial charge in [-0.2, -0.15) is 0 Å². The topological polar surface area (TPSA) is 83.8 Å². The minimum atomic E-state index is -1.28. The van der Waals surface area contributed by atoms with Crippen molar-refractivity contribution in [2.45, 2.75) is 13.0 Å². The van der Waals surface area contributed by atoms with E-state index >= 15 is 0 Å². The molecule has 0 aliphatic rings. The van der Waals surface area contributed by atoms with Gasteiger partial charge in [0.15, 0.2) is 0 Å². The number of hydrogen-bond donors (Lipinski definition) is 2. The highest BCUT2D eigenvalue weighted by Crippen LogP contribution is 2.30. The highest BCUT2D eigenvalue weighted by molar-refractivity contribution is 6.02. The molecule has 0 fully saturated rings. The van der Waals surface area contributed by atoms with Gasteiger partial charge in [-0.25, -0.2) is 9.59 Å². The highest BCUT2D eigenvalue weighted by atomic mass is 16.5. The largest absolute Gasteiger partial charge is 0.478 e. The molecule has 0 bridgehead atoms. The van der Waals surface area contributed by atoms with Crippen LogP contribution in [0.5, 0.6) is 0 Å². The van der Waals surface area contributed by atoms with Gasteiger partial charge in [0, 0.05) is 12.2 Å². The van der Waals surface area contributed by atoms with Crippen molar-refractivity contribution in [3.05, 3.63) is 70.8 Å². The van der Waals surface area contributed by atoms with Crippen molar-refractivity contribution in [3.63, 3.8) is 0 Å². The van der Waals surface area contributed by atoms with Crippen molar-refractivity contribution >= 4 is 11.9 Å². The molecule has 0 aliphatic carbocycles. The first-order chi connectivity index (χ1) is 10.6. The molecule has 114 valence electrons. The molecule has 0 heterocycles. The molecule has 0 amide bonds. The third kappa shape index (κ3) is 3.15.